The van der Waals surface area contributed by atoms with Crippen LogP contribution in [0.4, 0.5) is 24.5 Å². The van der Waals surface area contributed by atoms with Gasteiger partial charge in [-0.3, -0.25) is 4.79 Å². The van der Waals surface area contributed by atoms with Crippen LogP contribution in [-0.4, -0.2) is 12.1 Å². The third kappa shape index (κ3) is 2.88. The molecule has 1 rings (SSSR count). The van der Waals surface area contributed by atoms with Gasteiger partial charge in [0.15, 0.2) is 0 Å². The quantitative estimate of drug-likeness (QED) is 0.783. The number of alkyl halides is 3. The number of hydrogen-bond donors (Lipinski definition) is 2. The Balaban J connectivity index is 3.03. The standard InChI is InChI=1S/C9H8BrF3N2O/c1-4-2-5(10)7(6(14)3-4)15-8(16)9(11,12)13/h2-3H,14H2,1H3,(H,15,16). The van der Waals surface area contributed by atoms with E-state index in [1.165, 1.54) is 6.07 Å². The number of carbonyl (C=O) groups excluding carboxylic acids is 1. The number of anilines is 2. The number of hydrogen-bond acceptors (Lipinski definition) is 2. The molecule has 1 aromatic rings. The van der Waals surface area contributed by atoms with Crippen molar-refractivity contribution in [1.82, 2.24) is 0 Å². The molecule has 0 fully saturated rings. The van der Waals surface area contributed by atoms with Gasteiger partial charge in [0, 0.05) is 4.47 Å². The molecule has 0 heterocycles. The number of carbonyl (C=O) groups is 1. The number of rotatable bonds is 1. The zero-order valence-corrected chi connectivity index (χ0v) is 9.74. The van der Waals surface area contributed by atoms with Gasteiger partial charge in [0.1, 0.15) is 0 Å². The highest BCUT2D eigenvalue weighted by Gasteiger charge is 2.39. The monoisotopic (exact) mass is 296 g/mol. The summed E-state index contributed by atoms with van der Waals surface area (Å²) in [6, 6.07) is 3.03. The summed E-state index contributed by atoms with van der Waals surface area (Å²) in [5, 5.41) is 1.71. The van der Waals surface area contributed by atoms with E-state index in [0.29, 0.717) is 4.47 Å². The van der Waals surface area contributed by atoms with E-state index in [0.717, 1.165) is 5.56 Å². The highest BCUT2D eigenvalue weighted by atomic mass is 79.9. The SMILES string of the molecule is Cc1cc(N)c(NC(=O)C(F)(F)F)c(Br)c1. The molecule has 0 spiro atoms. The van der Waals surface area contributed by atoms with E-state index in [4.69, 9.17) is 5.73 Å². The van der Waals surface area contributed by atoms with Gasteiger partial charge < -0.3 is 11.1 Å². The van der Waals surface area contributed by atoms with E-state index in [1.54, 1.807) is 18.3 Å². The third-order valence-corrected chi connectivity index (χ3v) is 2.39. The Bertz CT molecular complexity index is 408. The van der Waals surface area contributed by atoms with Crippen LogP contribution in [0.1, 0.15) is 5.56 Å². The minimum atomic E-state index is -4.93. The van der Waals surface area contributed by atoms with E-state index in [-0.39, 0.29) is 11.4 Å². The molecule has 16 heavy (non-hydrogen) atoms. The van der Waals surface area contributed by atoms with Crippen LogP contribution in [0.25, 0.3) is 0 Å². The summed E-state index contributed by atoms with van der Waals surface area (Å²) in [5.41, 5.74) is 6.27. The maximum Gasteiger partial charge on any atom is 0.471 e. The van der Waals surface area contributed by atoms with Gasteiger partial charge >= 0.3 is 12.1 Å². The highest BCUT2D eigenvalue weighted by molar-refractivity contribution is 9.10. The van der Waals surface area contributed by atoms with Gasteiger partial charge in [-0.1, -0.05) is 0 Å². The first-order valence-electron chi connectivity index (χ1n) is 4.15. The Labute approximate surface area is 97.9 Å². The molecule has 0 aliphatic heterocycles. The predicted molar refractivity (Wildman–Crippen MR) is 58.0 cm³/mol. The summed E-state index contributed by atoms with van der Waals surface area (Å²) in [6.45, 7) is 1.73. The molecule has 0 aliphatic rings. The molecule has 1 amide bonds. The van der Waals surface area contributed by atoms with Crippen LogP contribution >= 0.6 is 15.9 Å². The first-order chi connectivity index (χ1) is 7.21. The van der Waals surface area contributed by atoms with Crippen molar-refractivity contribution >= 4 is 33.2 Å². The van der Waals surface area contributed by atoms with Crippen molar-refractivity contribution in [2.24, 2.45) is 0 Å². The van der Waals surface area contributed by atoms with Gasteiger partial charge in [-0.2, -0.15) is 13.2 Å². The summed E-state index contributed by atoms with van der Waals surface area (Å²) in [4.78, 5) is 10.7. The van der Waals surface area contributed by atoms with Crippen LogP contribution in [-0.2, 0) is 4.79 Å². The number of halogens is 4. The largest absolute Gasteiger partial charge is 0.471 e. The van der Waals surface area contributed by atoms with Crippen LogP contribution in [0.2, 0.25) is 0 Å². The minimum Gasteiger partial charge on any atom is -0.397 e. The number of nitrogens with two attached hydrogens (primary N) is 1. The number of nitrogens with one attached hydrogen (secondary N) is 1. The summed E-state index contributed by atoms with van der Waals surface area (Å²) in [5.74, 6) is -2.05. The lowest BCUT2D eigenvalue weighted by Gasteiger charge is -2.12. The number of amides is 1. The van der Waals surface area contributed by atoms with Crippen LogP contribution < -0.4 is 11.1 Å². The molecule has 0 radical (unpaired) electrons. The Morgan fingerprint density at radius 1 is 1.44 bits per heavy atom. The Kier molecular flexibility index (Phi) is 3.47. The lowest BCUT2D eigenvalue weighted by molar-refractivity contribution is -0.167. The van der Waals surface area contributed by atoms with Gasteiger partial charge in [0.2, 0.25) is 0 Å². The Hall–Kier alpha value is -1.24. The smallest absolute Gasteiger partial charge is 0.397 e. The fourth-order valence-electron chi connectivity index (χ4n) is 1.09. The van der Waals surface area contributed by atoms with Gasteiger partial charge in [-0.05, 0) is 40.5 Å². The second kappa shape index (κ2) is 4.32. The highest BCUT2D eigenvalue weighted by Crippen LogP contribution is 2.31. The van der Waals surface area contributed by atoms with Gasteiger partial charge in [0.05, 0.1) is 11.4 Å². The molecule has 0 bridgehead atoms. The Morgan fingerprint density at radius 2 is 2.00 bits per heavy atom. The molecule has 0 aromatic heterocycles. The fourth-order valence-corrected chi connectivity index (χ4v) is 1.77. The normalized spacial score (nSPS) is 11.3. The topological polar surface area (TPSA) is 55.1 Å². The van der Waals surface area contributed by atoms with Gasteiger partial charge in [-0.25, -0.2) is 0 Å². The number of aryl methyl sites for hydroxylation is 1. The van der Waals surface area contributed by atoms with E-state index >= 15 is 0 Å². The van der Waals surface area contributed by atoms with Crippen molar-refractivity contribution in [2.75, 3.05) is 11.1 Å². The molecule has 0 saturated heterocycles. The van der Waals surface area contributed by atoms with Crippen LogP contribution in [0.15, 0.2) is 16.6 Å². The van der Waals surface area contributed by atoms with Crippen molar-refractivity contribution in [2.45, 2.75) is 13.1 Å². The van der Waals surface area contributed by atoms with Crippen molar-refractivity contribution in [1.29, 1.82) is 0 Å². The molecule has 1 aromatic carbocycles. The van der Waals surface area contributed by atoms with Crippen molar-refractivity contribution in [3.8, 4) is 0 Å². The van der Waals surface area contributed by atoms with Crippen molar-refractivity contribution in [3.05, 3.63) is 22.2 Å². The second-order valence-electron chi connectivity index (χ2n) is 3.16. The second-order valence-corrected chi connectivity index (χ2v) is 4.02. The zero-order chi connectivity index (χ0) is 12.5. The summed E-state index contributed by atoms with van der Waals surface area (Å²) >= 11 is 3.03. The van der Waals surface area contributed by atoms with Crippen LogP contribution in [0.3, 0.4) is 0 Å². The van der Waals surface area contributed by atoms with E-state index < -0.39 is 12.1 Å². The first-order valence-corrected chi connectivity index (χ1v) is 4.95. The molecule has 3 N–H and O–H groups in total. The zero-order valence-electron chi connectivity index (χ0n) is 8.15. The van der Waals surface area contributed by atoms with Crippen molar-refractivity contribution in [3.63, 3.8) is 0 Å². The Morgan fingerprint density at radius 3 is 2.44 bits per heavy atom. The lowest BCUT2D eigenvalue weighted by Crippen LogP contribution is -2.30. The van der Waals surface area contributed by atoms with E-state index in [1.807, 2.05) is 0 Å². The third-order valence-electron chi connectivity index (χ3n) is 1.76. The molecule has 3 nitrogen and oxygen atoms in total. The molecule has 0 saturated carbocycles. The van der Waals surface area contributed by atoms with Gasteiger partial charge in [0.25, 0.3) is 0 Å². The summed E-state index contributed by atoms with van der Waals surface area (Å²) in [7, 11) is 0. The predicted octanol–water partition coefficient (Wildman–Crippen LogP) is 2.84. The van der Waals surface area contributed by atoms with Gasteiger partial charge in [-0.15, -0.1) is 0 Å². The number of nitrogen functional groups attached to an aromatic ring is 1. The molecule has 0 atom stereocenters. The molecule has 7 heteroatoms. The summed E-state index contributed by atoms with van der Waals surface area (Å²) in [6.07, 6.45) is -4.93. The molecule has 0 aliphatic carbocycles. The average molecular weight is 297 g/mol. The number of benzene rings is 1. The van der Waals surface area contributed by atoms with Crippen molar-refractivity contribution < 1.29 is 18.0 Å². The van der Waals surface area contributed by atoms with Crippen LogP contribution in [0, 0.1) is 6.92 Å². The minimum absolute atomic E-state index is 0.0736. The molecular formula is C9H8BrF3N2O. The fraction of sp³-hybridized carbons (Fsp3) is 0.222. The maximum atomic E-state index is 12.0. The van der Waals surface area contributed by atoms with E-state index in [9.17, 15) is 18.0 Å². The van der Waals surface area contributed by atoms with E-state index in [2.05, 4.69) is 15.9 Å². The molecule has 0 unspecified atom stereocenters. The maximum absolute atomic E-state index is 12.0. The average Bonchev–Trinajstić information content (AvgIpc) is 2.08. The first kappa shape index (κ1) is 12.8. The van der Waals surface area contributed by atoms with Crippen LogP contribution in [0.5, 0.6) is 0 Å². The lowest BCUT2D eigenvalue weighted by atomic mass is 10.2. The molecular weight excluding hydrogens is 289 g/mol. The molecule has 88 valence electrons. The summed E-state index contributed by atoms with van der Waals surface area (Å²) < 4.78 is 36.3.